The van der Waals surface area contributed by atoms with E-state index < -0.39 is 5.91 Å². The van der Waals surface area contributed by atoms with Gasteiger partial charge in [-0.05, 0) is 67.1 Å². The lowest BCUT2D eigenvalue weighted by Crippen LogP contribution is -2.27. The summed E-state index contributed by atoms with van der Waals surface area (Å²) in [5.74, 6) is -0.717. The Labute approximate surface area is 170 Å². The first-order valence-electron chi connectivity index (χ1n) is 9.17. The van der Waals surface area contributed by atoms with Gasteiger partial charge in [-0.3, -0.25) is 4.79 Å². The minimum Gasteiger partial charge on any atom is -0.372 e. The Morgan fingerprint density at radius 1 is 1.29 bits per heavy atom. The molecule has 0 unspecified atom stereocenters. The topological polar surface area (TPSA) is 70.1 Å². The van der Waals surface area contributed by atoms with E-state index in [0.29, 0.717) is 0 Å². The zero-order valence-electron chi connectivity index (χ0n) is 16.5. The molecule has 0 spiro atoms. The van der Waals surface area contributed by atoms with Crippen LogP contribution in [0.3, 0.4) is 0 Å². The van der Waals surface area contributed by atoms with E-state index in [1.807, 2.05) is 25.1 Å². The summed E-state index contributed by atoms with van der Waals surface area (Å²) in [4.78, 5) is 15.4. The Hall–Kier alpha value is -3.10. The first-order valence-corrected chi connectivity index (χ1v) is 9.98. The predicted molar refractivity (Wildman–Crippen MR) is 118 cm³/mol. The number of hydrogen-bond acceptors (Lipinski definition) is 4. The van der Waals surface area contributed by atoms with E-state index in [1.165, 1.54) is 23.1 Å². The molecule has 0 aliphatic rings. The highest BCUT2D eigenvalue weighted by atomic mass is 32.1. The second-order valence-corrected chi connectivity index (χ2v) is 7.30. The molecule has 0 saturated carbocycles. The molecule has 5 heteroatoms. The van der Waals surface area contributed by atoms with Gasteiger partial charge in [-0.2, -0.15) is 5.26 Å². The molecule has 0 aliphatic heterocycles. The number of nitrogens with two attached hydrogens (primary N) is 1. The minimum atomic E-state index is -0.717. The van der Waals surface area contributed by atoms with Gasteiger partial charge in [-0.25, -0.2) is 0 Å². The molecule has 0 bridgehead atoms. The largest absolute Gasteiger partial charge is 0.372 e. The molecule has 0 fully saturated rings. The molecule has 0 saturated heterocycles. The molecular formula is C23H25N3OS. The number of carbonyl (C=O) groups is 1. The van der Waals surface area contributed by atoms with E-state index in [1.54, 1.807) is 0 Å². The summed E-state index contributed by atoms with van der Waals surface area (Å²) in [6.07, 6.45) is 5.80. The standard InChI is InChI=1S/C23H25N3OS/c1-5-20(26(6-2)7-3)13-17-8-9-18(12-16(17)4)22-11-10-21(28-22)14-19(15-24)23(25)27/h5,8-14H,4,6-7H2,1-3H3,(H2,25,27)/b17-13-,19-14+,20-5?. The number of benzene rings is 1. The lowest BCUT2D eigenvalue weighted by atomic mass is 10.1. The molecule has 4 nitrogen and oxygen atoms in total. The monoisotopic (exact) mass is 391 g/mol. The van der Waals surface area contributed by atoms with Crippen molar-refractivity contribution in [1.29, 1.82) is 5.26 Å². The molecule has 144 valence electrons. The van der Waals surface area contributed by atoms with E-state index >= 15 is 0 Å². The second-order valence-electron chi connectivity index (χ2n) is 6.18. The molecule has 2 aromatic rings. The van der Waals surface area contributed by atoms with Crippen LogP contribution >= 0.6 is 11.3 Å². The van der Waals surface area contributed by atoms with Crippen LogP contribution in [0.25, 0.3) is 29.2 Å². The van der Waals surface area contributed by atoms with Crippen LogP contribution in [0, 0.1) is 11.3 Å². The average Bonchev–Trinajstić information content (AvgIpc) is 3.15. The highest BCUT2D eigenvalue weighted by Crippen LogP contribution is 2.28. The third-order valence-electron chi connectivity index (χ3n) is 4.45. The Morgan fingerprint density at radius 3 is 2.54 bits per heavy atom. The summed E-state index contributed by atoms with van der Waals surface area (Å²) >= 11 is 1.50. The number of thiophene rings is 1. The fourth-order valence-corrected chi connectivity index (χ4v) is 3.84. The van der Waals surface area contributed by atoms with Crippen LogP contribution in [0.1, 0.15) is 25.6 Å². The van der Waals surface area contributed by atoms with Crippen molar-refractivity contribution < 1.29 is 4.79 Å². The number of rotatable bonds is 7. The number of primary amides is 1. The number of carbonyl (C=O) groups excluding carboxylic acids is 1. The number of hydrogen-bond donors (Lipinski definition) is 1. The van der Waals surface area contributed by atoms with Gasteiger partial charge in [0.05, 0.1) is 0 Å². The van der Waals surface area contributed by atoms with Gasteiger partial charge in [0.15, 0.2) is 0 Å². The third-order valence-corrected chi connectivity index (χ3v) is 5.54. The van der Waals surface area contributed by atoms with E-state index in [9.17, 15) is 4.79 Å². The number of amides is 1. The molecule has 0 aliphatic carbocycles. The molecule has 2 N–H and O–H groups in total. The van der Waals surface area contributed by atoms with E-state index in [-0.39, 0.29) is 5.57 Å². The van der Waals surface area contributed by atoms with Gasteiger partial charge in [0.2, 0.25) is 0 Å². The summed E-state index contributed by atoms with van der Waals surface area (Å²) in [7, 11) is 0. The molecule has 1 amide bonds. The van der Waals surface area contributed by atoms with Crippen molar-refractivity contribution in [2.45, 2.75) is 20.8 Å². The highest BCUT2D eigenvalue weighted by molar-refractivity contribution is 7.16. The maximum atomic E-state index is 11.2. The van der Waals surface area contributed by atoms with Gasteiger partial charge in [0.1, 0.15) is 11.6 Å². The lowest BCUT2D eigenvalue weighted by molar-refractivity contribution is -0.114. The highest BCUT2D eigenvalue weighted by Gasteiger charge is 2.07. The number of nitrogens with zero attached hydrogens (tertiary/aromatic N) is 2. The van der Waals surface area contributed by atoms with Gasteiger partial charge in [0.25, 0.3) is 5.91 Å². The predicted octanol–water partition coefficient (Wildman–Crippen LogP) is 3.24. The van der Waals surface area contributed by atoms with Crippen molar-refractivity contribution in [3.05, 3.63) is 63.0 Å². The van der Waals surface area contributed by atoms with Gasteiger partial charge < -0.3 is 10.6 Å². The zero-order chi connectivity index (χ0) is 20.7. The quantitative estimate of drug-likeness (QED) is 0.582. The Balaban J connectivity index is 2.38. The minimum absolute atomic E-state index is 0.0496. The number of nitriles is 1. The van der Waals surface area contributed by atoms with Crippen molar-refractivity contribution in [3.8, 4) is 16.5 Å². The van der Waals surface area contributed by atoms with Gasteiger partial charge in [0, 0.05) is 28.5 Å². The van der Waals surface area contributed by atoms with Crippen LogP contribution in [0.15, 0.2) is 47.7 Å². The number of allylic oxidation sites excluding steroid dienone is 2. The molecule has 1 aromatic carbocycles. The van der Waals surface area contributed by atoms with Crippen LogP contribution in [0.5, 0.6) is 0 Å². The molecule has 1 heterocycles. The van der Waals surface area contributed by atoms with Gasteiger partial charge in [-0.1, -0.05) is 24.8 Å². The van der Waals surface area contributed by atoms with Crippen molar-refractivity contribution >= 4 is 36.0 Å². The fourth-order valence-electron chi connectivity index (χ4n) is 2.89. The molecule has 2 rings (SSSR count). The van der Waals surface area contributed by atoms with Crippen LogP contribution in [-0.2, 0) is 4.79 Å². The van der Waals surface area contributed by atoms with Crippen LogP contribution in [0.4, 0.5) is 0 Å². The molecule has 0 radical (unpaired) electrons. The van der Waals surface area contributed by atoms with Crippen molar-refractivity contribution in [2.75, 3.05) is 13.1 Å². The molecule has 0 atom stereocenters. The van der Waals surface area contributed by atoms with Crippen LogP contribution in [-0.4, -0.2) is 23.9 Å². The first kappa shape index (κ1) is 21.2. The Bertz CT molecular complexity index is 1070. The normalized spacial score (nSPS) is 12.7. The van der Waals surface area contributed by atoms with E-state index in [4.69, 9.17) is 11.0 Å². The van der Waals surface area contributed by atoms with Gasteiger partial charge >= 0.3 is 0 Å². The maximum Gasteiger partial charge on any atom is 0.259 e. The average molecular weight is 392 g/mol. The summed E-state index contributed by atoms with van der Waals surface area (Å²) in [6.45, 7) is 12.5. The first-order chi connectivity index (χ1) is 13.4. The lowest BCUT2D eigenvalue weighted by Gasteiger charge is -2.21. The molecular weight excluding hydrogens is 366 g/mol. The zero-order valence-corrected chi connectivity index (χ0v) is 17.3. The van der Waals surface area contributed by atoms with Crippen LogP contribution in [0.2, 0.25) is 0 Å². The summed E-state index contributed by atoms with van der Waals surface area (Å²) < 4.78 is 0. The van der Waals surface area contributed by atoms with Crippen LogP contribution < -0.4 is 16.2 Å². The third kappa shape index (κ3) is 4.99. The summed E-state index contributed by atoms with van der Waals surface area (Å²) in [6, 6.07) is 11.9. The Morgan fingerprint density at radius 2 is 2.00 bits per heavy atom. The van der Waals surface area contributed by atoms with E-state index in [0.717, 1.165) is 38.8 Å². The van der Waals surface area contributed by atoms with Gasteiger partial charge in [-0.15, -0.1) is 11.3 Å². The SMILES string of the molecule is C=c1cc(-c2ccc(/C=C(\C#N)C(N)=O)s2)cc/c1=C/C(=CC)N(CC)CC. The maximum absolute atomic E-state index is 11.2. The smallest absolute Gasteiger partial charge is 0.259 e. The van der Waals surface area contributed by atoms with Crippen molar-refractivity contribution in [2.24, 2.45) is 5.73 Å². The van der Waals surface area contributed by atoms with Crippen molar-refractivity contribution in [1.82, 2.24) is 4.90 Å². The molecule has 1 aromatic heterocycles. The fraction of sp³-hybridized carbons (Fsp3) is 0.217. The molecule has 28 heavy (non-hydrogen) atoms. The summed E-state index contributed by atoms with van der Waals surface area (Å²) in [5, 5.41) is 11.0. The van der Waals surface area contributed by atoms with Crippen molar-refractivity contribution in [3.63, 3.8) is 0 Å². The summed E-state index contributed by atoms with van der Waals surface area (Å²) in [5.41, 5.74) is 7.38. The Kier molecular flexibility index (Phi) is 7.36. The second kappa shape index (κ2) is 9.72. The van der Waals surface area contributed by atoms with E-state index in [2.05, 4.69) is 55.7 Å².